The molecule has 2 aromatic carbocycles. The number of rotatable bonds is 5. The van der Waals surface area contributed by atoms with Gasteiger partial charge in [-0.25, -0.2) is 15.6 Å². The lowest BCUT2D eigenvalue weighted by molar-refractivity contribution is -0.114. The van der Waals surface area contributed by atoms with Crippen LogP contribution >= 0.6 is 0 Å². The zero-order valence-electron chi connectivity index (χ0n) is 16.2. The SMILES string of the molecule is CNNC(=O)c1ccc(C(=O)NNC(=O)Nc2cc(NC(C)=O)ccc2C)cc1. The second-order valence-corrected chi connectivity index (χ2v) is 6.03. The Morgan fingerprint density at radius 1 is 0.759 bits per heavy atom. The maximum Gasteiger partial charge on any atom is 0.337 e. The minimum atomic E-state index is -0.661. The van der Waals surface area contributed by atoms with Gasteiger partial charge in [0.25, 0.3) is 11.8 Å². The number of hydrogen-bond donors (Lipinski definition) is 6. The van der Waals surface area contributed by atoms with Crippen LogP contribution in [-0.2, 0) is 4.79 Å². The zero-order valence-corrected chi connectivity index (χ0v) is 16.2. The minimum Gasteiger partial charge on any atom is -0.326 e. The van der Waals surface area contributed by atoms with E-state index in [9.17, 15) is 19.2 Å². The molecule has 0 heterocycles. The summed E-state index contributed by atoms with van der Waals surface area (Å²) in [6.07, 6.45) is 0. The number of anilines is 2. The molecule has 10 heteroatoms. The van der Waals surface area contributed by atoms with Gasteiger partial charge in [-0.1, -0.05) is 6.07 Å². The van der Waals surface area contributed by atoms with Crippen LogP contribution in [0.3, 0.4) is 0 Å². The molecule has 2 aromatic rings. The fourth-order valence-corrected chi connectivity index (χ4v) is 2.34. The molecular weight excluding hydrogens is 376 g/mol. The topological polar surface area (TPSA) is 140 Å². The minimum absolute atomic E-state index is 0.231. The third-order valence-electron chi connectivity index (χ3n) is 3.74. The first-order chi connectivity index (χ1) is 13.8. The van der Waals surface area contributed by atoms with Gasteiger partial charge in [-0.3, -0.25) is 25.2 Å². The molecule has 0 aliphatic heterocycles. The van der Waals surface area contributed by atoms with E-state index >= 15 is 0 Å². The predicted molar refractivity (Wildman–Crippen MR) is 108 cm³/mol. The van der Waals surface area contributed by atoms with Crippen LogP contribution in [0.15, 0.2) is 42.5 Å². The van der Waals surface area contributed by atoms with Gasteiger partial charge in [-0.15, -0.1) is 0 Å². The van der Waals surface area contributed by atoms with Crippen LogP contribution in [0, 0.1) is 6.92 Å². The van der Waals surface area contributed by atoms with Crippen LogP contribution in [0.1, 0.15) is 33.2 Å². The van der Waals surface area contributed by atoms with Crippen molar-refractivity contribution in [2.24, 2.45) is 0 Å². The quantitative estimate of drug-likeness (QED) is 0.421. The van der Waals surface area contributed by atoms with Crippen molar-refractivity contribution in [3.05, 3.63) is 59.2 Å². The number of nitrogens with one attached hydrogen (secondary N) is 6. The summed E-state index contributed by atoms with van der Waals surface area (Å²) in [6, 6.07) is 10.3. The second-order valence-electron chi connectivity index (χ2n) is 6.03. The van der Waals surface area contributed by atoms with Crippen LogP contribution in [0.4, 0.5) is 16.2 Å². The fraction of sp³-hybridized carbons (Fsp3) is 0.158. The summed E-state index contributed by atoms with van der Waals surface area (Å²) in [5.74, 6) is -1.12. The lowest BCUT2D eigenvalue weighted by atomic mass is 10.1. The van der Waals surface area contributed by atoms with E-state index in [1.165, 1.54) is 31.2 Å². The van der Waals surface area contributed by atoms with Gasteiger partial charge in [0.05, 0.1) is 0 Å². The highest BCUT2D eigenvalue weighted by molar-refractivity contribution is 5.99. The number of hydrazine groups is 2. The van der Waals surface area contributed by atoms with Gasteiger partial charge in [-0.2, -0.15) is 0 Å². The number of hydrogen-bond acceptors (Lipinski definition) is 5. The molecule has 0 aromatic heterocycles. The molecule has 0 atom stereocenters. The van der Waals surface area contributed by atoms with Crippen molar-refractivity contribution in [1.82, 2.24) is 21.7 Å². The molecule has 0 saturated heterocycles. The Labute approximate surface area is 167 Å². The van der Waals surface area contributed by atoms with E-state index in [1.807, 2.05) is 0 Å². The molecule has 5 amide bonds. The van der Waals surface area contributed by atoms with E-state index in [1.54, 1.807) is 32.2 Å². The number of carbonyl (C=O) groups is 4. The first-order valence-corrected chi connectivity index (χ1v) is 8.63. The number of urea groups is 1. The average Bonchev–Trinajstić information content (AvgIpc) is 2.68. The van der Waals surface area contributed by atoms with E-state index in [0.29, 0.717) is 16.9 Å². The Morgan fingerprint density at radius 2 is 1.34 bits per heavy atom. The molecule has 2 rings (SSSR count). The molecule has 29 heavy (non-hydrogen) atoms. The van der Waals surface area contributed by atoms with Gasteiger partial charge in [0.2, 0.25) is 5.91 Å². The molecule has 0 radical (unpaired) electrons. The molecular formula is C19H22N6O4. The van der Waals surface area contributed by atoms with Crippen molar-refractivity contribution in [1.29, 1.82) is 0 Å². The Hall–Kier alpha value is -3.92. The smallest absolute Gasteiger partial charge is 0.326 e. The highest BCUT2D eigenvalue weighted by Crippen LogP contribution is 2.20. The summed E-state index contributed by atoms with van der Waals surface area (Å²) < 4.78 is 0. The largest absolute Gasteiger partial charge is 0.337 e. The summed E-state index contributed by atoms with van der Waals surface area (Å²) in [5.41, 5.74) is 11.9. The molecule has 0 saturated carbocycles. The number of aryl methyl sites for hydroxylation is 1. The van der Waals surface area contributed by atoms with Gasteiger partial charge >= 0.3 is 6.03 Å². The molecule has 0 unspecified atom stereocenters. The van der Waals surface area contributed by atoms with Gasteiger partial charge in [0.1, 0.15) is 0 Å². The number of carbonyl (C=O) groups excluding carboxylic acids is 4. The van der Waals surface area contributed by atoms with Crippen molar-refractivity contribution < 1.29 is 19.2 Å². The molecule has 10 nitrogen and oxygen atoms in total. The summed E-state index contributed by atoms with van der Waals surface area (Å²) >= 11 is 0. The number of benzene rings is 2. The maximum absolute atomic E-state index is 12.1. The van der Waals surface area contributed by atoms with Crippen molar-refractivity contribution in [3.8, 4) is 0 Å². The van der Waals surface area contributed by atoms with Crippen molar-refractivity contribution in [3.63, 3.8) is 0 Å². The van der Waals surface area contributed by atoms with E-state index in [-0.39, 0.29) is 17.4 Å². The van der Waals surface area contributed by atoms with Crippen LogP contribution in [0.2, 0.25) is 0 Å². The van der Waals surface area contributed by atoms with Crippen molar-refractivity contribution in [2.45, 2.75) is 13.8 Å². The zero-order chi connectivity index (χ0) is 21.4. The van der Waals surface area contributed by atoms with Crippen LogP contribution in [0.5, 0.6) is 0 Å². The Morgan fingerprint density at radius 3 is 1.90 bits per heavy atom. The van der Waals surface area contributed by atoms with Gasteiger partial charge in [0.15, 0.2) is 0 Å². The first-order valence-electron chi connectivity index (χ1n) is 8.63. The van der Waals surface area contributed by atoms with Crippen LogP contribution < -0.4 is 32.3 Å². The third-order valence-corrected chi connectivity index (χ3v) is 3.74. The molecule has 0 aliphatic carbocycles. The predicted octanol–water partition coefficient (Wildman–Crippen LogP) is 1.28. The van der Waals surface area contributed by atoms with Crippen LogP contribution in [0.25, 0.3) is 0 Å². The van der Waals surface area contributed by atoms with E-state index < -0.39 is 11.9 Å². The molecule has 152 valence electrons. The van der Waals surface area contributed by atoms with Gasteiger partial charge in [-0.05, 0) is 48.9 Å². The highest BCUT2D eigenvalue weighted by atomic mass is 16.2. The van der Waals surface area contributed by atoms with Gasteiger partial charge in [0, 0.05) is 36.5 Å². The van der Waals surface area contributed by atoms with Crippen LogP contribution in [-0.4, -0.2) is 30.8 Å². The maximum atomic E-state index is 12.1. The van der Waals surface area contributed by atoms with E-state index in [2.05, 4.69) is 32.3 Å². The second kappa shape index (κ2) is 9.85. The van der Waals surface area contributed by atoms with Crippen molar-refractivity contribution in [2.75, 3.05) is 17.7 Å². The Bertz CT molecular complexity index is 927. The molecule has 0 bridgehead atoms. The van der Waals surface area contributed by atoms with Gasteiger partial charge < -0.3 is 10.6 Å². The standard InChI is InChI=1S/C19H22N6O4/c1-11-4-9-15(21-12(2)26)10-16(11)22-19(29)25-24-18(28)14-7-5-13(6-8-14)17(27)23-20-3/h4-10,20H,1-3H3,(H,21,26)(H,23,27)(H,24,28)(H2,22,25,29). The summed E-state index contributed by atoms with van der Waals surface area (Å²) in [5, 5.41) is 5.22. The number of amides is 5. The summed E-state index contributed by atoms with van der Waals surface area (Å²) in [4.78, 5) is 47.0. The van der Waals surface area contributed by atoms with E-state index in [4.69, 9.17) is 0 Å². The monoisotopic (exact) mass is 398 g/mol. The summed E-state index contributed by atoms with van der Waals surface area (Å²) in [7, 11) is 1.56. The molecule has 0 aliphatic rings. The Kier molecular flexibility index (Phi) is 7.26. The van der Waals surface area contributed by atoms with E-state index in [0.717, 1.165) is 5.56 Å². The average molecular weight is 398 g/mol. The first kappa shape index (κ1) is 21.4. The Balaban J connectivity index is 1.93. The molecule has 0 spiro atoms. The normalized spacial score (nSPS) is 9.90. The summed E-state index contributed by atoms with van der Waals surface area (Å²) in [6.45, 7) is 3.17. The lowest BCUT2D eigenvalue weighted by Gasteiger charge is -2.12. The molecule has 6 N–H and O–H groups in total. The lowest BCUT2D eigenvalue weighted by Crippen LogP contribution is -2.44. The third kappa shape index (κ3) is 6.33. The molecule has 0 fully saturated rings. The van der Waals surface area contributed by atoms with Crippen molar-refractivity contribution >= 4 is 35.1 Å². The fourth-order valence-electron chi connectivity index (χ4n) is 2.34. The highest BCUT2D eigenvalue weighted by Gasteiger charge is 2.11.